The van der Waals surface area contributed by atoms with Crippen LogP contribution in [-0.2, 0) is 4.74 Å². The highest BCUT2D eigenvalue weighted by Gasteiger charge is 2.09. The first-order valence-electron chi connectivity index (χ1n) is 5.20. The summed E-state index contributed by atoms with van der Waals surface area (Å²) < 4.78 is 6.51. The van der Waals surface area contributed by atoms with Gasteiger partial charge in [-0.1, -0.05) is 21.5 Å². The Labute approximate surface area is 89.7 Å². The third kappa shape index (κ3) is 4.28. The molecule has 0 amide bonds. The summed E-state index contributed by atoms with van der Waals surface area (Å²) in [5.74, 6) is 0. The normalized spacial score (nSPS) is 18.0. The molecule has 1 nitrogen and oxygen atoms in total. The van der Waals surface area contributed by atoms with Crippen molar-refractivity contribution in [3.05, 3.63) is 10.1 Å². The summed E-state index contributed by atoms with van der Waals surface area (Å²) in [5, 5.41) is 0. The predicted octanol–water partition coefficient (Wildman–Crippen LogP) is 4.03. The number of ether oxygens (including phenoxy) is 1. The fourth-order valence-corrected chi connectivity index (χ4v) is 2.45. The van der Waals surface area contributed by atoms with Crippen LogP contribution in [-0.4, -0.2) is 13.7 Å². The van der Waals surface area contributed by atoms with E-state index in [-0.39, 0.29) is 0 Å². The lowest BCUT2D eigenvalue weighted by molar-refractivity contribution is 0.193. The molecule has 1 aliphatic carbocycles. The van der Waals surface area contributed by atoms with Gasteiger partial charge >= 0.3 is 0 Å². The van der Waals surface area contributed by atoms with Gasteiger partial charge in [-0.2, -0.15) is 0 Å². The molecule has 0 spiro atoms. The van der Waals surface area contributed by atoms with Gasteiger partial charge in [-0.25, -0.2) is 0 Å². The van der Waals surface area contributed by atoms with Crippen LogP contribution in [0.15, 0.2) is 10.1 Å². The van der Waals surface area contributed by atoms with E-state index in [1.165, 1.54) is 49.4 Å². The van der Waals surface area contributed by atoms with E-state index in [9.17, 15) is 0 Å². The molecule has 0 aliphatic heterocycles. The zero-order valence-corrected chi connectivity index (χ0v) is 10.0. The molecular weight excluding hydrogens is 228 g/mol. The molecule has 13 heavy (non-hydrogen) atoms. The molecule has 2 heteroatoms. The Morgan fingerprint density at radius 3 is 2.69 bits per heavy atom. The number of methoxy groups -OCH3 is 1. The smallest absolute Gasteiger partial charge is 0.0462 e. The van der Waals surface area contributed by atoms with Crippen LogP contribution in [0.4, 0.5) is 0 Å². The highest BCUT2D eigenvalue weighted by molar-refractivity contribution is 9.11. The second kappa shape index (κ2) is 6.61. The first-order valence-corrected chi connectivity index (χ1v) is 5.99. The highest BCUT2D eigenvalue weighted by Crippen LogP contribution is 2.31. The molecule has 0 atom stereocenters. The monoisotopic (exact) mass is 246 g/mol. The van der Waals surface area contributed by atoms with E-state index in [0.29, 0.717) is 0 Å². The number of halogens is 1. The van der Waals surface area contributed by atoms with Gasteiger partial charge in [-0.15, -0.1) is 0 Å². The van der Waals surface area contributed by atoms with Crippen molar-refractivity contribution >= 4 is 15.9 Å². The van der Waals surface area contributed by atoms with Gasteiger partial charge in [0.2, 0.25) is 0 Å². The van der Waals surface area contributed by atoms with Crippen LogP contribution in [0.5, 0.6) is 0 Å². The molecule has 0 saturated carbocycles. The molecular formula is C11H19BrO. The Hall–Kier alpha value is 0.180. The molecule has 0 N–H and O–H groups in total. The quantitative estimate of drug-likeness (QED) is 0.666. The Morgan fingerprint density at radius 2 is 2.00 bits per heavy atom. The first kappa shape index (κ1) is 11.3. The molecule has 0 heterocycles. The second-order valence-electron chi connectivity index (χ2n) is 3.67. The van der Waals surface area contributed by atoms with Crippen molar-refractivity contribution in [2.45, 2.75) is 44.9 Å². The number of unbranched alkanes of at least 4 members (excludes halogenated alkanes) is 1. The third-order valence-corrected chi connectivity index (χ3v) is 3.54. The van der Waals surface area contributed by atoms with Crippen molar-refractivity contribution in [3.63, 3.8) is 0 Å². The molecule has 0 unspecified atom stereocenters. The van der Waals surface area contributed by atoms with Crippen LogP contribution >= 0.6 is 15.9 Å². The van der Waals surface area contributed by atoms with E-state index in [1.54, 1.807) is 12.7 Å². The second-order valence-corrected chi connectivity index (χ2v) is 4.62. The lowest BCUT2D eigenvalue weighted by Gasteiger charge is -2.16. The standard InChI is InChI=1S/C11H19BrO/c1-13-9-5-4-7-10-6-2-3-8-11(10)12/h2-9H2,1H3. The van der Waals surface area contributed by atoms with Gasteiger partial charge in [0.15, 0.2) is 0 Å². The maximum absolute atomic E-state index is 5.03. The zero-order valence-electron chi connectivity index (χ0n) is 8.44. The molecule has 0 saturated heterocycles. The van der Waals surface area contributed by atoms with Gasteiger partial charge in [0.25, 0.3) is 0 Å². The lowest BCUT2D eigenvalue weighted by Crippen LogP contribution is -1.97. The van der Waals surface area contributed by atoms with E-state index < -0.39 is 0 Å². The fraction of sp³-hybridized carbons (Fsp3) is 0.818. The minimum absolute atomic E-state index is 0.908. The first-order chi connectivity index (χ1) is 6.34. The third-order valence-electron chi connectivity index (χ3n) is 2.59. The van der Waals surface area contributed by atoms with Crippen LogP contribution in [0.1, 0.15) is 44.9 Å². The molecule has 0 bridgehead atoms. The highest BCUT2D eigenvalue weighted by atomic mass is 79.9. The van der Waals surface area contributed by atoms with Gasteiger partial charge in [0.1, 0.15) is 0 Å². The maximum atomic E-state index is 5.03. The molecule has 1 rings (SSSR count). The molecule has 0 aromatic carbocycles. The number of hydrogen-bond acceptors (Lipinski definition) is 1. The molecule has 0 aromatic heterocycles. The van der Waals surface area contributed by atoms with Crippen molar-refractivity contribution in [3.8, 4) is 0 Å². The molecule has 1 aliphatic rings. The summed E-state index contributed by atoms with van der Waals surface area (Å²) in [6, 6.07) is 0. The fourth-order valence-electron chi connectivity index (χ4n) is 1.78. The van der Waals surface area contributed by atoms with Crippen molar-refractivity contribution in [2.24, 2.45) is 0 Å². The van der Waals surface area contributed by atoms with E-state index in [1.807, 2.05) is 0 Å². The minimum atomic E-state index is 0.908. The predicted molar refractivity (Wildman–Crippen MR) is 60.1 cm³/mol. The number of hydrogen-bond donors (Lipinski definition) is 0. The van der Waals surface area contributed by atoms with Gasteiger partial charge in [0, 0.05) is 13.7 Å². The van der Waals surface area contributed by atoms with Gasteiger partial charge in [-0.05, 0) is 49.4 Å². The lowest BCUT2D eigenvalue weighted by atomic mass is 9.95. The van der Waals surface area contributed by atoms with Crippen molar-refractivity contribution in [2.75, 3.05) is 13.7 Å². The minimum Gasteiger partial charge on any atom is -0.385 e. The van der Waals surface area contributed by atoms with Crippen LogP contribution in [0.25, 0.3) is 0 Å². The van der Waals surface area contributed by atoms with Gasteiger partial charge in [-0.3, -0.25) is 0 Å². The summed E-state index contributed by atoms with van der Waals surface area (Å²) >= 11 is 3.67. The zero-order chi connectivity index (χ0) is 9.52. The SMILES string of the molecule is COCCCCC1=C(Br)CCCC1. The Morgan fingerprint density at radius 1 is 1.23 bits per heavy atom. The van der Waals surface area contributed by atoms with Crippen LogP contribution in [0.3, 0.4) is 0 Å². The van der Waals surface area contributed by atoms with E-state index >= 15 is 0 Å². The van der Waals surface area contributed by atoms with Gasteiger partial charge in [0.05, 0.1) is 0 Å². The largest absolute Gasteiger partial charge is 0.385 e. The summed E-state index contributed by atoms with van der Waals surface area (Å²) in [4.78, 5) is 0. The topological polar surface area (TPSA) is 9.23 Å². The average molecular weight is 247 g/mol. The maximum Gasteiger partial charge on any atom is 0.0462 e. The van der Waals surface area contributed by atoms with Crippen molar-refractivity contribution in [1.29, 1.82) is 0 Å². The van der Waals surface area contributed by atoms with Crippen molar-refractivity contribution in [1.82, 2.24) is 0 Å². The summed E-state index contributed by atoms with van der Waals surface area (Å²) in [6.45, 7) is 0.908. The van der Waals surface area contributed by atoms with Crippen LogP contribution in [0.2, 0.25) is 0 Å². The Bertz CT molecular complexity index is 175. The number of rotatable bonds is 5. The van der Waals surface area contributed by atoms with E-state index in [0.717, 1.165) is 6.61 Å². The number of allylic oxidation sites excluding steroid dienone is 2. The molecule has 0 fully saturated rings. The summed E-state index contributed by atoms with van der Waals surface area (Å²) in [5.41, 5.74) is 1.65. The Kier molecular flexibility index (Phi) is 5.72. The molecule has 0 radical (unpaired) electrons. The molecule has 76 valence electrons. The van der Waals surface area contributed by atoms with Crippen LogP contribution < -0.4 is 0 Å². The van der Waals surface area contributed by atoms with Crippen LogP contribution in [0, 0.1) is 0 Å². The van der Waals surface area contributed by atoms with Gasteiger partial charge < -0.3 is 4.74 Å². The van der Waals surface area contributed by atoms with E-state index in [2.05, 4.69) is 15.9 Å². The van der Waals surface area contributed by atoms with E-state index in [4.69, 9.17) is 4.74 Å². The Balaban J connectivity index is 2.19. The summed E-state index contributed by atoms with van der Waals surface area (Å²) in [6.07, 6.45) is 9.06. The average Bonchev–Trinajstić information content (AvgIpc) is 2.15. The molecule has 0 aromatic rings. The van der Waals surface area contributed by atoms with Crippen molar-refractivity contribution < 1.29 is 4.74 Å². The summed E-state index contributed by atoms with van der Waals surface area (Å²) in [7, 11) is 1.77.